The van der Waals surface area contributed by atoms with Gasteiger partial charge in [0.1, 0.15) is 5.56 Å². The minimum atomic E-state index is -0.620. The highest BCUT2D eigenvalue weighted by molar-refractivity contribution is 5.94. The molecule has 0 aliphatic heterocycles. The Labute approximate surface area is 163 Å². The molecule has 0 spiro atoms. The summed E-state index contributed by atoms with van der Waals surface area (Å²) in [6.45, 7) is 3.22. The fourth-order valence-corrected chi connectivity index (χ4v) is 2.80. The van der Waals surface area contributed by atoms with Crippen molar-refractivity contribution < 1.29 is 19.0 Å². The van der Waals surface area contributed by atoms with Crippen molar-refractivity contribution in [3.05, 3.63) is 34.1 Å². The van der Waals surface area contributed by atoms with Crippen molar-refractivity contribution in [2.24, 2.45) is 11.8 Å². The average molecular weight is 394 g/mol. The van der Waals surface area contributed by atoms with Crippen LogP contribution in [0.5, 0.6) is 11.5 Å². The SMILES string of the molecule is CCOC(=O)c1c[nH]c2cc(OCC3CC3)c(OCC3CC3)cc2c1=O.Cl. The number of benzene rings is 1. The maximum atomic E-state index is 12.7. The first kappa shape index (κ1) is 19.5. The molecule has 1 heterocycles. The number of hydrogen-bond donors (Lipinski definition) is 1. The lowest BCUT2D eigenvalue weighted by molar-refractivity contribution is 0.0524. The number of nitrogens with one attached hydrogen (secondary N) is 1. The van der Waals surface area contributed by atoms with Crippen LogP contribution in [0.4, 0.5) is 0 Å². The smallest absolute Gasteiger partial charge is 0.343 e. The molecule has 0 unspecified atom stereocenters. The second-order valence-corrected chi connectivity index (χ2v) is 7.11. The summed E-state index contributed by atoms with van der Waals surface area (Å²) < 4.78 is 16.8. The molecule has 7 heteroatoms. The molecular weight excluding hydrogens is 370 g/mol. The van der Waals surface area contributed by atoms with Crippen LogP contribution in [0.1, 0.15) is 43.0 Å². The van der Waals surface area contributed by atoms with Crippen molar-refractivity contribution in [2.75, 3.05) is 19.8 Å². The van der Waals surface area contributed by atoms with E-state index in [0.717, 1.165) is 0 Å². The first-order valence-electron chi connectivity index (χ1n) is 9.28. The van der Waals surface area contributed by atoms with Gasteiger partial charge < -0.3 is 19.2 Å². The van der Waals surface area contributed by atoms with E-state index in [1.165, 1.54) is 31.9 Å². The standard InChI is InChI=1S/C20H23NO5.ClH/c1-2-24-20(23)15-9-21-16-8-18(26-11-13-5-6-13)17(7-14(16)19(15)22)25-10-12-3-4-12;/h7-9,12-13H,2-6,10-11H2,1H3,(H,21,22);1H. The number of aromatic amines is 1. The fourth-order valence-electron chi connectivity index (χ4n) is 2.80. The molecule has 2 aromatic rings. The molecule has 6 nitrogen and oxygen atoms in total. The summed E-state index contributed by atoms with van der Waals surface area (Å²) in [6.07, 6.45) is 6.16. The Balaban J connectivity index is 0.00000210. The molecule has 2 aliphatic rings. The summed E-state index contributed by atoms with van der Waals surface area (Å²) in [5.74, 6) is 1.80. The lowest BCUT2D eigenvalue weighted by Crippen LogP contribution is -2.18. The van der Waals surface area contributed by atoms with Crippen LogP contribution < -0.4 is 14.9 Å². The zero-order valence-electron chi connectivity index (χ0n) is 15.3. The van der Waals surface area contributed by atoms with Gasteiger partial charge in [-0.25, -0.2) is 4.79 Å². The minimum absolute atomic E-state index is 0. The summed E-state index contributed by atoms with van der Waals surface area (Å²) in [6, 6.07) is 3.47. The Morgan fingerprint density at radius 1 is 1.07 bits per heavy atom. The van der Waals surface area contributed by atoms with Crippen LogP contribution in [-0.4, -0.2) is 30.8 Å². The monoisotopic (exact) mass is 393 g/mol. The van der Waals surface area contributed by atoms with E-state index < -0.39 is 5.97 Å². The van der Waals surface area contributed by atoms with Crippen molar-refractivity contribution in [1.29, 1.82) is 0 Å². The third-order valence-corrected chi connectivity index (χ3v) is 4.78. The summed E-state index contributed by atoms with van der Waals surface area (Å²) in [4.78, 5) is 27.7. The Hall–Kier alpha value is -2.21. The highest BCUT2D eigenvalue weighted by Crippen LogP contribution is 2.36. The normalized spacial score (nSPS) is 15.9. The molecule has 1 aromatic heterocycles. The summed E-state index contributed by atoms with van der Waals surface area (Å²) in [5, 5.41) is 0.403. The molecule has 1 aromatic carbocycles. The minimum Gasteiger partial charge on any atom is -0.489 e. The van der Waals surface area contributed by atoms with E-state index in [4.69, 9.17) is 14.2 Å². The van der Waals surface area contributed by atoms with Crippen LogP contribution in [0.3, 0.4) is 0 Å². The molecule has 2 aliphatic carbocycles. The van der Waals surface area contributed by atoms with Crippen molar-refractivity contribution >= 4 is 29.3 Å². The second-order valence-electron chi connectivity index (χ2n) is 7.11. The topological polar surface area (TPSA) is 77.6 Å². The number of pyridine rings is 1. The van der Waals surface area contributed by atoms with Crippen LogP contribution in [-0.2, 0) is 4.74 Å². The predicted octanol–water partition coefficient (Wildman–Crippen LogP) is 3.70. The van der Waals surface area contributed by atoms with E-state index in [9.17, 15) is 9.59 Å². The third kappa shape index (κ3) is 4.56. The summed E-state index contributed by atoms with van der Waals surface area (Å²) >= 11 is 0. The first-order chi connectivity index (χ1) is 12.7. The molecule has 146 valence electrons. The van der Waals surface area contributed by atoms with Gasteiger partial charge in [-0.1, -0.05) is 0 Å². The highest BCUT2D eigenvalue weighted by atomic mass is 35.5. The summed E-state index contributed by atoms with van der Waals surface area (Å²) in [7, 11) is 0. The van der Waals surface area contributed by atoms with Gasteiger partial charge >= 0.3 is 5.97 Å². The number of hydrogen-bond acceptors (Lipinski definition) is 5. The van der Waals surface area contributed by atoms with Crippen LogP contribution in [0.15, 0.2) is 23.1 Å². The van der Waals surface area contributed by atoms with Crippen molar-refractivity contribution in [1.82, 2.24) is 4.98 Å². The lowest BCUT2D eigenvalue weighted by Gasteiger charge is -2.14. The van der Waals surface area contributed by atoms with E-state index in [-0.39, 0.29) is 30.0 Å². The van der Waals surface area contributed by atoms with E-state index in [0.29, 0.717) is 47.5 Å². The molecule has 0 radical (unpaired) electrons. The number of carbonyl (C=O) groups excluding carboxylic acids is 1. The molecule has 0 bridgehead atoms. The van der Waals surface area contributed by atoms with Crippen molar-refractivity contribution in [3.8, 4) is 11.5 Å². The quantitative estimate of drug-likeness (QED) is 0.692. The molecule has 2 fully saturated rings. The van der Waals surface area contributed by atoms with Crippen LogP contribution >= 0.6 is 12.4 Å². The van der Waals surface area contributed by atoms with E-state index in [2.05, 4.69) is 4.98 Å². The number of halogens is 1. The molecule has 1 N–H and O–H groups in total. The zero-order valence-corrected chi connectivity index (χ0v) is 16.1. The van der Waals surface area contributed by atoms with Crippen molar-refractivity contribution in [2.45, 2.75) is 32.6 Å². The van der Waals surface area contributed by atoms with Gasteiger partial charge in [0, 0.05) is 12.3 Å². The van der Waals surface area contributed by atoms with Gasteiger partial charge in [-0.2, -0.15) is 0 Å². The molecule has 27 heavy (non-hydrogen) atoms. The molecule has 4 rings (SSSR count). The number of ether oxygens (including phenoxy) is 3. The highest BCUT2D eigenvalue weighted by Gasteiger charge is 2.25. The fraction of sp³-hybridized carbons (Fsp3) is 0.500. The van der Waals surface area contributed by atoms with Crippen LogP contribution in [0, 0.1) is 11.8 Å². The van der Waals surface area contributed by atoms with Gasteiger partial charge in [0.2, 0.25) is 5.43 Å². The first-order valence-corrected chi connectivity index (χ1v) is 9.28. The summed E-state index contributed by atoms with van der Waals surface area (Å²) in [5.41, 5.74) is 0.258. The number of H-pyrrole nitrogens is 1. The predicted molar refractivity (Wildman–Crippen MR) is 104 cm³/mol. The van der Waals surface area contributed by atoms with Gasteiger partial charge in [0.25, 0.3) is 0 Å². The molecule has 0 saturated heterocycles. The number of carbonyl (C=O) groups is 1. The largest absolute Gasteiger partial charge is 0.489 e. The Kier molecular flexibility index (Phi) is 5.95. The van der Waals surface area contributed by atoms with Gasteiger partial charge in [-0.15, -0.1) is 12.4 Å². The molecule has 0 atom stereocenters. The third-order valence-electron chi connectivity index (χ3n) is 4.78. The molecule has 2 saturated carbocycles. The Morgan fingerprint density at radius 2 is 1.67 bits per heavy atom. The Morgan fingerprint density at radius 3 is 2.22 bits per heavy atom. The van der Waals surface area contributed by atoms with Gasteiger partial charge in [-0.3, -0.25) is 4.79 Å². The Bertz CT molecular complexity index is 886. The lowest BCUT2D eigenvalue weighted by atomic mass is 10.1. The van der Waals surface area contributed by atoms with Crippen LogP contribution in [0.25, 0.3) is 10.9 Å². The second kappa shape index (κ2) is 8.21. The van der Waals surface area contributed by atoms with Gasteiger partial charge in [0.05, 0.1) is 30.7 Å². The number of aromatic nitrogens is 1. The zero-order chi connectivity index (χ0) is 18.1. The number of rotatable bonds is 8. The number of esters is 1. The molecule has 0 amide bonds. The van der Waals surface area contributed by atoms with Gasteiger partial charge in [0.15, 0.2) is 11.5 Å². The maximum absolute atomic E-state index is 12.7. The van der Waals surface area contributed by atoms with Crippen molar-refractivity contribution in [3.63, 3.8) is 0 Å². The van der Waals surface area contributed by atoms with E-state index in [1.54, 1.807) is 19.1 Å². The molecular formula is C20H24ClNO5. The maximum Gasteiger partial charge on any atom is 0.343 e. The average Bonchev–Trinajstić information content (AvgIpc) is 3.53. The van der Waals surface area contributed by atoms with E-state index in [1.807, 2.05) is 0 Å². The van der Waals surface area contributed by atoms with Crippen LogP contribution in [0.2, 0.25) is 0 Å². The van der Waals surface area contributed by atoms with E-state index >= 15 is 0 Å². The number of fused-ring (bicyclic) bond motifs is 1. The van der Waals surface area contributed by atoms with Gasteiger partial charge in [-0.05, 0) is 50.5 Å².